The van der Waals surface area contributed by atoms with E-state index in [0.29, 0.717) is 38.1 Å². The maximum absolute atomic E-state index is 14.4. The lowest BCUT2D eigenvalue weighted by Crippen LogP contribution is -2.51. The molecule has 2 saturated heterocycles. The number of carbonyl (C=O) groups excluding carboxylic acids is 2. The molecule has 3 aromatic carbocycles. The molecule has 0 unspecified atom stereocenters. The van der Waals surface area contributed by atoms with Crippen molar-refractivity contribution in [2.45, 2.75) is 25.4 Å². The van der Waals surface area contributed by atoms with Crippen LogP contribution >= 0.6 is 23.2 Å². The van der Waals surface area contributed by atoms with Gasteiger partial charge in [0, 0.05) is 21.7 Å². The van der Waals surface area contributed by atoms with Crippen molar-refractivity contribution in [3.63, 3.8) is 0 Å². The number of fused-ring (bicyclic) bond motifs is 8. The van der Waals surface area contributed by atoms with E-state index in [1.54, 1.807) is 41.0 Å². The summed E-state index contributed by atoms with van der Waals surface area (Å²) in [6.07, 6.45) is 0. The summed E-state index contributed by atoms with van der Waals surface area (Å²) in [4.78, 5) is 48.5. The molecule has 0 bridgehead atoms. The van der Waals surface area contributed by atoms with E-state index in [0.717, 1.165) is 5.56 Å². The molecule has 4 atom stereocenters. The van der Waals surface area contributed by atoms with Crippen LogP contribution in [-0.4, -0.2) is 27.4 Å². The number of para-hydroxylation sites is 2. The number of rotatable bonds is 2. The van der Waals surface area contributed by atoms with Crippen molar-refractivity contribution in [2.75, 3.05) is 4.90 Å². The van der Waals surface area contributed by atoms with Crippen LogP contribution in [0.5, 0.6) is 0 Å². The Balaban J connectivity index is 1.53. The Labute approximate surface area is 228 Å². The number of halogens is 2. The van der Waals surface area contributed by atoms with Crippen LogP contribution in [0.4, 0.5) is 5.69 Å². The normalized spacial score (nSPS) is 25.5. The number of aromatic nitrogens is 2. The number of nitrogens with one attached hydrogen (secondary N) is 1. The van der Waals surface area contributed by atoms with Crippen LogP contribution in [0.3, 0.4) is 0 Å². The number of hydrogen-bond acceptors (Lipinski definition) is 5. The number of anilines is 1. The Kier molecular flexibility index (Phi) is 4.96. The van der Waals surface area contributed by atoms with Crippen molar-refractivity contribution < 1.29 is 9.59 Å². The van der Waals surface area contributed by atoms with Crippen molar-refractivity contribution in [2.24, 2.45) is 17.8 Å². The third-order valence-electron chi connectivity index (χ3n) is 8.12. The zero-order valence-corrected chi connectivity index (χ0v) is 22.0. The zero-order valence-electron chi connectivity index (χ0n) is 20.5. The molecule has 1 spiro atoms. The molecule has 2 fully saturated rings. The molecule has 1 N–H and O–H groups in total. The highest BCUT2D eigenvalue weighted by molar-refractivity contribution is 6.35. The predicted molar refractivity (Wildman–Crippen MR) is 146 cm³/mol. The quantitative estimate of drug-likeness (QED) is 0.370. The fourth-order valence-corrected chi connectivity index (χ4v) is 7.16. The van der Waals surface area contributed by atoms with Gasteiger partial charge in [-0.05, 0) is 42.3 Å². The number of imide groups is 1. The molecular weight excluding hydrogens is 523 g/mol. The highest BCUT2D eigenvalue weighted by Crippen LogP contribution is 2.56. The number of benzene rings is 3. The third-order valence-corrected chi connectivity index (χ3v) is 8.56. The minimum Gasteiger partial charge on any atom is -0.296 e. The standard InChI is InChI=1S/C29H22Cl2N4O3/c1-14(2)24-22-23(27(38)34(26(22)37)17-12-15(30)11-16(31)13-17)29(33-24)19-8-4-6-10-21(19)35-25(36)18-7-3-5-9-20(18)32-28(29)35/h3-14,22-24,33H,1-2H3/t22-,23-,24+,29-/m1/s1. The summed E-state index contributed by atoms with van der Waals surface area (Å²) in [7, 11) is 0. The maximum atomic E-state index is 14.4. The van der Waals surface area contributed by atoms with Crippen LogP contribution in [0.15, 0.2) is 71.5 Å². The maximum Gasteiger partial charge on any atom is 0.266 e. The monoisotopic (exact) mass is 544 g/mol. The van der Waals surface area contributed by atoms with Crippen molar-refractivity contribution >= 4 is 51.6 Å². The molecule has 0 radical (unpaired) electrons. The van der Waals surface area contributed by atoms with E-state index in [1.165, 1.54) is 4.90 Å². The second-order valence-corrected chi connectivity index (χ2v) is 11.3. The van der Waals surface area contributed by atoms with Crippen LogP contribution in [0, 0.1) is 17.8 Å². The summed E-state index contributed by atoms with van der Waals surface area (Å²) in [5, 5.41) is 4.83. The molecule has 190 valence electrons. The lowest BCUT2D eigenvalue weighted by molar-refractivity contribution is -0.123. The summed E-state index contributed by atoms with van der Waals surface area (Å²) in [6.45, 7) is 4.04. The summed E-state index contributed by atoms with van der Waals surface area (Å²) >= 11 is 12.5. The largest absolute Gasteiger partial charge is 0.296 e. The van der Waals surface area contributed by atoms with Crippen LogP contribution < -0.4 is 15.8 Å². The van der Waals surface area contributed by atoms with E-state index in [1.807, 2.05) is 44.2 Å². The van der Waals surface area contributed by atoms with E-state index < -0.39 is 17.4 Å². The average Bonchev–Trinajstić information content (AvgIpc) is 3.47. The molecule has 1 aromatic heterocycles. The first kappa shape index (κ1) is 23.6. The highest BCUT2D eigenvalue weighted by atomic mass is 35.5. The van der Waals surface area contributed by atoms with E-state index in [4.69, 9.17) is 28.2 Å². The molecule has 0 saturated carbocycles. The van der Waals surface area contributed by atoms with Gasteiger partial charge in [0.2, 0.25) is 11.8 Å². The Hall–Kier alpha value is -3.52. The van der Waals surface area contributed by atoms with Gasteiger partial charge in [-0.3, -0.25) is 24.3 Å². The Morgan fingerprint density at radius 2 is 1.61 bits per heavy atom. The van der Waals surface area contributed by atoms with Crippen LogP contribution in [0.2, 0.25) is 10.0 Å². The predicted octanol–water partition coefficient (Wildman–Crippen LogP) is 4.68. The molecule has 7 rings (SSSR count). The van der Waals surface area contributed by atoms with Gasteiger partial charge in [-0.2, -0.15) is 0 Å². The highest BCUT2D eigenvalue weighted by Gasteiger charge is 2.70. The van der Waals surface area contributed by atoms with E-state index in [2.05, 4.69) is 5.32 Å². The Morgan fingerprint density at radius 3 is 2.34 bits per heavy atom. The second kappa shape index (κ2) is 7.99. The van der Waals surface area contributed by atoms with Crippen LogP contribution in [0.1, 0.15) is 25.2 Å². The molecule has 38 heavy (non-hydrogen) atoms. The Morgan fingerprint density at radius 1 is 0.921 bits per heavy atom. The smallest absolute Gasteiger partial charge is 0.266 e. The van der Waals surface area contributed by atoms with Crippen molar-refractivity contribution in [1.29, 1.82) is 0 Å². The lowest BCUT2D eigenvalue weighted by Gasteiger charge is -2.32. The number of hydrogen-bond donors (Lipinski definition) is 1. The SMILES string of the molecule is CC(C)[C@@H]1N[C@]2(c3ccccc3-n3c2nc2ccccc2c3=O)[C@H]2C(=O)N(c3cc(Cl)cc(Cl)c3)C(=O)[C@@H]12. The molecule has 4 heterocycles. The summed E-state index contributed by atoms with van der Waals surface area (Å²) in [6, 6.07) is 19.1. The molecule has 0 aliphatic carbocycles. The van der Waals surface area contributed by atoms with Crippen molar-refractivity contribution in [3.8, 4) is 5.69 Å². The zero-order chi connectivity index (χ0) is 26.5. The Bertz CT molecular complexity index is 1750. The second-order valence-electron chi connectivity index (χ2n) is 10.5. The number of carbonyl (C=O) groups is 2. The molecule has 3 aliphatic rings. The van der Waals surface area contributed by atoms with Crippen molar-refractivity contribution in [3.05, 3.63) is 98.5 Å². The van der Waals surface area contributed by atoms with E-state index in [-0.39, 0.29) is 29.3 Å². The fraction of sp³-hybridized carbons (Fsp3) is 0.241. The minimum atomic E-state index is -1.18. The molecule has 2 amide bonds. The molecule has 9 heteroatoms. The first-order valence-electron chi connectivity index (χ1n) is 12.5. The van der Waals surface area contributed by atoms with Gasteiger partial charge in [0.15, 0.2) is 0 Å². The van der Waals surface area contributed by atoms with Crippen LogP contribution in [-0.2, 0) is 15.1 Å². The third kappa shape index (κ3) is 2.89. The van der Waals surface area contributed by atoms with Gasteiger partial charge in [-0.15, -0.1) is 0 Å². The lowest BCUT2D eigenvalue weighted by atomic mass is 9.75. The van der Waals surface area contributed by atoms with Gasteiger partial charge in [-0.1, -0.05) is 67.4 Å². The molecule has 4 aromatic rings. The van der Waals surface area contributed by atoms with Gasteiger partial charge in [-0.25, -0.2) is 9.88 Å². The van der Waals surface area contributed by atoms with Crippen molar-refractivity contribution in [1.82, 2.24) is 14.9 Å². The molecule has 7 nitrogen and oxygen atoms in total. The van der Waals surface area contributed by atoms with Gasteiger partial charge in [0.05, 0.1) is 34.1 Å². The van der Waals surface area contributed by atoms with E-state index >= 15 is 0 Å². The topological polar surface area (TPSA) is 84.3 Å². The minimum absolute atomic E-state index is 0.00918. The van der Waals surface area contributed by atoms with Crippen LogP contribution in [0.25, 0.3) is 16.6 Å². The summed E-state index contributed by atoms with van der Waals surface area (Å²) in [5.41, 5.74) is 0.897. The fourth-order valence-electron chi connectivity index (χ4n) is 6.65. The number of nitrogens with zero attached hydrogens (tertiary/aromatic N) is 3. The summed E-state index contributed by atoms with van der Waals surface area (Å²) < 4.78 is 1.60. The first-order valence-corrected chi connectivity index (χ1v) is 13.2. The average molecular weight is 545 g/mol. The molecule has 3 aliphatic heterocycles. The van der Waals surface area contributed by atoms with Gasteiger partial charge >= 0.3 is 0 Å². The first-order chi connectivity index (χ1) is 18.2. The number of amides is 2. The summed E-state index contributed by atoms with van der Waals surface area (Å²) in [5.74, 6) is -1.77. The van der Waals surface area contributed by atoms with Gasteiger partial charge < -0.3 is 0 Å². The molecular formula is C29H22Cl2N4O3. The van der Waals surface area contributed by atoms with Gasteiger partial charge in [0.1, 0.15) is 11.4 Å². The van der Waals surface area contributed by atoms with E-state index in [9.17, 15) is 14.4 Å². The van der Waals surface area contributed by atoms with Gasteiger partial charge in [0.25, 0.3) is 5.56 Å².